The van der Waals surface area contributed by atoms with Gasteiger partial charge in [-0.05, 0) is 42.5 Å². The van der Waals surface area contributed by atoms with Gasteiger partial charge in [-0.25, -0.2) is 13.6 Å². The van der Waals surface area contributed by atoms with Crippen LogP contribution in [0.1, 0.15) is 10.4 Å². The Bertz CT molecular complexity index is 1000. The van der Waals surface area contributed by atoms with Crippen molar-refractivity contribution in [1.29, 1.82) is 0 Å². The molecule has 0 fully saturated rings. The SMILES string of the molecule is COC(=O)c1ccc2c(c1)Oc1cc(F)ccc1[S+]2c1ccc(F)cc1. The molecule has 1 atom stereocenters. The lowest BCUT2D eigenvalue weighted by Crippen LogP contribution is -2.14. The van der Waals surface area contributed by atoms with E-state index in [0.29, 0.717) is 17.1 Å². The van der Waals surface area contributed by atoms with Gasteiger partial charge in [0.05, 0.1) is 12.7 Å². The second kappa shape index (κ2) is 6.46. The van der Waals surface area contributed by atoms with Crippen molar-refractivity contribution in [3.8, 4) is 11.5 Å². The molecule has 0 amide bonds. The highest BCUT2D eigenvalue weighted by molar-refractivity contribution is 7.97. The number of rotatable bonds is 2. The molecule has 4 rings (SSSR count). The van der Waals surface area contributed by atoms with Gasteiger partial charge in [0, 0.05) is 18.2 Å². The molecule has 3 aromatic rings. The molecule has 0 N–H and O–H groups in total. The van der Waals surface area contributed by atoms with Crippen LogP contribution in [0.5, 0.6) is 11.5 Å². The fraction of sp³-hybridized carbons (Fsp3) is 0.0500. The van der Waals surface area contributed by atoms with E-state index in [1.165, 1.54) is 31.4 Å². The predicted octanol–water partition coefficient (Wildman–Crippen LogP) is 4.95. The minimum absolute atomic E-state index is 0.328. The standard InChI is InChI=1S/C20H13F2O3S/c1-24-20(23)12-2-8-18-16(10-12)25-17-11-14(22)5-9-19(17)26(18)15-6-3-13(21)4-7-15/h2-11H,1H3/q+1. The van der Waals surface area contributed by atoms with Crippen molar-refractivity contribution >= 4 is 16.9 Å². The summed E-state index contributed by atoms with van der Waals surface area (Å²) in [5.74, 6) is -0.390. The third-order valence-corrected chi connectivity index (χ3v) is 6.28. The van der Waals surface area contributed by atoms with Crippen LogP contribution in [-0.4, -0.2) is 13.1 Å². The van der Waals surface area contributed by atoms with Crippen LogP contribution in [-0.2, 0) is 15.6 Å². The number of esters is 1. The normalized spacial score (nSPS) is 14.8. The van der Waals surface area contributed by atoms with Gasteiger partial charge in [-0.1, -0.05) is 0 Å². The highest BCUT2D eigenvalue weighted by Crippen LogP contribution is 2.47. The van der Waals surface area contributed by atoms with E-state index >= 15 is 0 Å². The second-order valence-corrected chi connectivity index (χ2v) is 7.57. The van der Waals surface area contributed by atoms with Gasteiger partial charge in [0.2, 0.25) is 9.79 Å². The van der Waals surface area contributed by atoms with Gasteiger partial charge in [-0.2, -0.15) is 0 Å². The average Bonchev–Trinajstić information content (AvgIpc) is 2.65. The summed E-state index contributed by atoms with van der Waals surface area (Å²) in [6.07, 6.45) is 0. The fourth-order valence-corrected chi connectivity index (χ4v) is 4.96. The first-order chi connectivity index (χ1) is 12.6. The van der Waals surface area contributed by atoms with Gasteiger partial charge in [0.1, 0.15) is 22.5 Å². The smallest absolute Gasteiger partial charge is 0.337 e. The predicted molar refractivity (Wildman–Crippen MR) is 92.8 cm³/mol. The van der Waals surface area contributed by atoms with E-state index in [1.54, 1.807) is 36.4 Å². The average molecular weight is 371 g/mol. The Balaban J connectivity index is 1.90. The van der Waals surface area contributed by atoms with E-state index in [9.17, 15) is 13.6 Å². The number of carbonyl (C=O) groups is 1. The van der Waals surface area contributed by atoms with Gasteiger partial charge in [-0.3, -0.25) is 0 Å². The van der Waals surface area contributed by atoms with Crippen LogP contribution in [0.3, 0.4) is 0 Å². The third kappa shape index (κ3) is 2.82. The molecule has 0 aromatic heterocycles. The number of hydrogen-bond acceptors (Lipinski definition) is 3. The van der Waals surface area contributed by atoms with Crippen molar-refractivity contribution in [3.63, 3.8) is 0 Å². The van der Waals surface area contributed by atoms with Crippen molar-refractivity contribution in [2.45, 2.75) is 14.7 Å². The Morgan fingerprint density at radius 3 is 2.19 bits per heavy atom. The van der Waals surface area contributed by atoms with Crippen LogP contribution < -0.4 is 4.74 Å². The summed E-state index contributed by atoms with van der Waals surface area (Å²) in [5, 5.41) is 0. The Hall–Kier alpha value is -2.86. The van der Waals surface area contributed by atoms with Gasteiger partial charge in [0.15, 0.2) is 16.4 Å². The van der Waals surface area contributed by atoms with Crippen molar-refractivity contribution in [2.24, 2.45) is 0 Å². The molecule has 130 valence electrons. The molecule has 1 unspecified atom stereocenters. The molecule has 0 spiro atoms. The zero-order valence-corrected chi connectivity index (χ0v) is 14.5. The molecular weight excluding hydrogens is 358 g/mol. The van der Waals surface area contributed by atoms with Crippen LogP contribution in [0, 0.1) is 11.6 Å². The lowest BCUT2D eigenvalue weighted by atomic mass is 10.2. The van der Waals surface area contributed by atoms with Crippen molar-refractivity contribution in [3.05, 3.63) is 77.9 Å². The number of fused-ring (bicyclic) bond motifs is 2. The van der Waals surface area contributed by atoms with Crippen LogP contribution in [0.15, 0.2) is 75.4 Å². The topological polar surface area (TPSA) is 35.5 Å². The molecule has 0 saturated carbocycles. The number of carbonyl (C=O) groups excluding carboxylic acids is 1. The second-order valence-electron chi connectivity index (χ2n) is 5.61. The van der Waals surface area contributed by atoms with E-state index in [0.717, 1.165) is 14.7 Å². The Morgan fingerprint density at radius 2 is 1.50 bits per heavy atom. The van der Waals surface area contributed by atoms with Gasteiger partial charge in [-0.15, -0.1) is 0 Å². The molecule has 1 aliphatic heterocycles. The minimum atomic E-state index is -0.608. The number of hydrogen-bond donors (Lipinski definition) is 0. The summed E-state index contributed by atoms with van der Waals surface area (Å²) in [5.41, 5.74) is 0.341. The first-order valence-electron chi connectivity index (χ1n) is 7.76. The molecule has 26 heavy (non-hydrogen) atoms. The lowest BCUT2D eigenvalue weighted by molar-refractivity contribution is 0.0600. The van der Waals surface area contributed by atoms with Crippen LogP contribution in [0.2, 0.25) is 0 Å². The maximum absolute atomic E-state index is 13.7. The van der Waals surface area contributed by atoms with E-state index in [-0.39, 0.29) is 5.82 Å². The van der Waals surface area contributed by atoms with Crippen LogP contribution in [0.25, 0.3) is 0 Å². The number of halogens is 2. The molecular formula is C20H13F2O3S+. The molecule has 3 nitrogen and oxygen atoms in total. The first kappa shape index (κ1) is 16.6. The summed E-state index contributed by atoms with van der Waals surface area (Å²) in [6, 6.07) is 15.6. The van der Waals surface area contributed by atoms with E-state index in [1.807, 2.05) is 0 Å². The first-order valence-corrected chi connectivity index (χ1v) is 8.99. The fourth-order valence-electron chi connectivity index (χ4n) is 2.79. The zero-order valence-electron chi connectivity index (χ0n) is 13.7. The monoisotopic (exact) mass is 371 g/mol. The molecule has 0 saturated heterocycles. The molecule has 0 aliphatic carbocycles. The molecule has 6 heteroatoms. The molecule has 1 aliphatic rings. The number of benzene rings is 3. The molecule has 1 heterocycles. The molecule has 0 bridgehead atoms. The maximum atomic E-state index is 13.7. The third-order valence-electron chi connectivity index (χ3n) is 3.98. The Morgan fingerprint density at radius 1 is 0.885 bits per heavy atom. The van der Waals surface area contributed by atoms with E-state index in [4.69, 9.17) is 9.47 Å². The van der Waals surface area contributed by atoms with Gasteiger partial charge in [0.25, 0.3) is 0 Å². The minimum Gasteiger partial charge on any atom is -0.465 e. The van der Waals surface area contributed by atoms with Crippen molar-refractivity contribution < 1.29 is 23.0 Å². The van der Waals surface area contributed by atoms with Crippen molar-refractivity contribution in [1.82, 2.24) is 0 Å². The summed E-state index contributed by atoms with van der Waals surface area (Å²) in [6.45, 7) is 0. The van der Waals surface area contributed by atoms with Crippen LogP contribution in [0.4, 0.5) is 8.78 Å². The highest BCUT2D eigenvalue weighted by Gasteiger charge is 2.40. The molecule has 0 radical (unpaired) electrons. The van der Waals surface area contributed by atoms with E-state index < -0.39 is 22.7 Å². The summed E-state index contributed by atoms with van der Waals surface area (Å²) >= 11 is 0. The summed E-state index contributed by atoms with van der Waals surface area (Å²) in [7, 11) is 0.694. The largest absolute Gasteiger partial charge is 0.465 e. The Labute approximate surface area is 151 Å². The maximum Gasteiger partial charge on any atom is 0.337 e. The number of ether oxygens (including phenoxy) is 2. The summed E-state index contributed by atoms with van der Waals surface area (Å²) in [4.78, 5) is 14.3. The highest BCUT2D eigenvalue weighted by atomic mass is 32.2. The van der Waals surface area contributed by atoms with Gasteiger partial charge >= 0.3 is 5.97 Å². The van der Waals surface area contributed by atoms with Crippen molar-refractivity contribution in [2.75, 3.05) is 7.11 Å². The quantitative estimate of drug-likeness (QED) is 0.369. The van der Waals surface area contributed by atoms with Crippen LogP contribution >= 0.6 is 0 Å². The zero-order chi connectivity index (χ0) is 18.3. The summed E-state index contributed by atoms with van der Waals surface area (Å²) < 4.78 is 37.7. The number of methoxy groups -OCH3 is 1. The molecule has 3 aromatic carbocycles. The lowest BCUT2D eigenvalue weighted by Gasteiger charge is -2.20. The van der Waals surface area contributed by atoms with Gasteiger partial charge < -0.3 is 9.47 Å². The Kier molecular flexibility index (Phi) is 4.12. The van der Waals surface area contributed by atoms with E-state index in [2.05, 4.69) is 0 Å².